The molecule has 7 nitrogen and oxygen atoms in total. The van der Waals surface area contributed by atoms with Crippen LogP contribution in [0.4, 0.5) is 0 Å². The van der Waals surface area contributed by atoms with Crippen LogP contribution in [0.1, 0.15) is 71.1 Å². The van der Waals surface area contributed by atoms with Crippen LogP contribution in [-0.2, 0) is 24.1 Å². The van der Waals surface area contributed by atoms with Crippen LogP contribution in [0.3, 0.4) is 0 Å². The number of carbonyl (C=O) groups excluding carboxylic acids is 1. The zero-order valence-electron chi connectivity index (χ0n) is 14.8. The maximum atomic E-state index is 11.6. The summed E-state index contributed by atoms with van der Waals surface area (Å²) in [7, 11) is -4.40. The van der Waals surface area contributed by atoms with E-state index in [1.807, 2.05) is 0 Å². The fraction of sp³-hybridized carbons (Fsp3) is 0.938. The van der Waals surface area contributed by atoms with Gasteiger partial charge in [-0.3, -0.25) is 9.35 Å². The number of hydrogen-bond donors (Lipinski definition) is 2. The molecule has 0 saturated carbocycles. The van der Waals surface area contributed by atoms with Crippen LogP contribution in [0.2, 0.25) is 0 Å². The van der Waals surface area contributed by atoms with Gasteiger partial charge in [-0.15, -0.1) is 0 Å². The van der Waals surface area contributed by atoms with Gasteiger partial charge in [-0.1, -0.05) is 58.3 Å². The quantitative estimate of drug-likeness (QED) is 0.303. The molecular weight excluding hydrogens is 334 g/mol. The highest BCUT2D eigenvalue weighted by atomic mass is 32.3. The van der Waals surface area contributed by atoms with Gasteiger partial charge in [0.05, 0.1) is 19.8 Å². The molecule has 0 aliphatic rings. The lowest BCUT2D eigenvalue weighted by molar-refractivity contribution is -0.121. The first kappa shape index (κ1) is 23.3. The Morgan fingerprint density at radius 2 is 1.50 bits per heavy atom. The zero-order chi connectivity index (χ0) is 18.1. The molecular formula is C16H33NO6S. The number of unbranched alkanes of at least 4 members (excludes halogenated alkanes) is 8. The molecule has 0 aromatic rings. The average molecular weight is 368 g/mol. The third-order valence-corrected chi connectivity index (χ3v) is 4.00. The minimum atomic E-state index is -4.40. The Balaban J connectivity index is 3.24. The Morgan fingerprint density at radius 3 is 2.08 bits per heavy atom. The molecule has 0 heterocycles. The van der Waals surface area contributed by atoms with E-state index in [9.17, 15) is 13.2 Å². The van der Waals surface area contributed by atoms with E-state index in [0.29, 0.717) is 13.0 Å². The highest BCUT2D eigenvalue weighted by molar-refractivity contribution is 7.80. The molecule has 0 aromatic heterocycles. The van der Waals surface area contributed by atoms with Crippen molar-refractivity contribution in [3.05, 3.63) is 0 Å². The third kappa shape index (κ3) is 19.3. The van der Waals surface area contributed by atoms with E-state index < -0.39 is 10.4 Å². The highest BCUT2D eigenvalue weighted by Gasteiger charge is 2.03. The molecule has 2 N–H and O–H groups in total. The Bertz CT molecular complexity index is 399. The first-order valence-corrected chi connectivity index (χ1v) is 10.3. The lowest BCUT2D eigenvalue weighted by atomic mass is 10.1. The maximum Gasteiger partial charge on any atom is 0.397 e. The minimum absolute atomic E-state index is 0.00994. The molecule has 0 fully saturated rings. The SMILES string of the molecule is CCCCCCCCCCCC(=O)NCCOCCOS(=O)(=O)O. The lowest BCUT2D eigenvalue weighted by Crippen LogP contribution is -2.27. The molecule has 0 aliphatic heterocycles. The molecule has 0 spiro atoms. The molecule has 0 aromatic carbocycles. The fourth-order valence-electron chi connectivity index (χ4n) is 2.25. The van der Waals surface area contributed by atoms with Crippen molar-refractivity contribution in [1.29, 1.82) is 0 Å². The van der Waals surface area contributed by atoms with Gasteiger partial charge in [0.1, 0.15) is 0 Å². The molecule has 8 heteroatoms. The number of rotatable bonds is 17. The Kier molecular flexibility index (Phi) is 15.3. The van der Waals surface area contributed by atoms with Crippen LogP contribution in [0, 0.1) is 0 Å². The average Bonchev–Trinajstić information content (AvgIpc) is 2.51. The van der Waals surface area contributed by atoms with Crippen molar-refractivity contribution in [3.8, 4) is 0 Å². The molecule has 1 amide bonds. The van der Waals surface area contributed by atoms with Crippen LogP contribution >= 0.6 is 0 Å². The number of ether oxygens (including phenoxy) is 1. The van der Waals surface area contributed by atoms with E-state index in [4.69, 9.17) is 9.29 Å². The summed E-state index contributed by atoms with van der Waals surface area (Å²) < 4.78 is 38.0. The van der Waals surface area contributed by atoms with E-state index in [0.717, 1.165) is 12.8 Å². The van der Waals surface area contributed by atoms with Gasteiger partial charge in [0.15, 0.2) is 0 Å². The summed E-state index contributed by atoms with van der Waals surface area (Å²) in [6, 6.07) is 0. The van der Waals surface area contributed by atoms with Gasteiger partial charge >= 0.3 is 10.4 Å². The van der Waals surface area contributed by atoms with Crippen LogP contribution in [-0.4, -0.2) is 45.2 Å². The molecule has 0 atom stereocenters. The molecule has 0 unspecified atom stereocenters. The van der Waals surface area contributed by atoms with Gasteiger partial charge in [-0.2, -0.15) is 8.42 Å². The smallest absolute Gasteiger partial charge is 0.377 e. The second-order valence-corrected chi connectivity index (χ2v) is 6.88. The molecule has 0 aliphatic carbocycles. The number of carbonyl (C=O) groups is 1. The highest BCUT2D eigenvalue weighted by Crippen LogP contribution is 2.10. The minimum Gasteiger partial charge on any atom is -0.377 e. The van der Waals surface area contributed by atoms with Crippen LogP contribution in [0.25, 0.3) is 0 Å². The number of amides is 1. The lowest BCUT2D eigenvalue weighted by Gasteiger charge is -2.06. The molecule has 0 saturated heterocycles. The molecule has 24 heavy (non-hydrogen) atoms. The molecule has 0 rings (SSSR count). The van der Waals surface area contributed by atoms with Gasteiger partial charge in [-0.05, 0) is 6.42 Å². The normalized spacial score (nSPS) is 11.6. The first-order chi connectivity index (χ1) is 11.5. The summed E-state index contributed by atoms with van der Waals surface area (Å²) in [6.45, 7) is 2.66. The Labute approximate surface area is 146 Å². The van der Waals surface area contributed by atoms with Crippen LogP contribution < -0.4 is 5.32 Å². The Hall–Kier alpha value is -0.700. The van der Waals surface area contributed by atoms with Crippen molar-refractivity contribution < 1.29 is 26.7 Å². The van der Waals surface area contributed by atoms with Gasteiger partial charge in [0.25, 0.3) is 0 Å². The Morgan fingerprint density at radius 1 is 0.917 bits per heavy atom. The zero-order valence-corrected chi connectivity index (χ0v) is 15.6. The van der Waals surface area contributed by atoms with Crippen LogP contribution in [0.15, 0.2) is 0 Å². The molecule has 144 valence electrons. The van der Waals surface area contributed by atoms with Crippen LogP contribution in [0.5, 0.6) is 0 Å². The van der Waals surface area contributed by atoms with Gasteiger partial charge < -0.3 is 10.1 Å². The number of nitrogens with one attached hydrogen (secondary N) is 1. The topological polar surface area (TPSA) is 102 Å². The predicted molar refractivity (Wildman–Crippen MR) is 93.2 cm³/mol. The molecule has 0 bridgehead atoms. The van der Waals surface area contributed by atoms with Crippen molar-refractivity contribution in [3.63, 3.8) is 0 Å². The fourth-order valence-corrected chi connectivity index (χ4v) is 2.53. The van der Waals surface area contributed by atoms with E-state index in [1.165, 1.54) is 44.9 Å². The van der Waals surface area contributed by atoms with Crippen molar-refractivity contribution in [2.24, 2.45) is 0 Å². The van der Waals surface area contributed by atoms with Gasteiger partial charge in [-0.25, -0.2) is 4.18 Å². The summed E-state index contributed by atoms with van der Waals surface area (Å²) >= 11 is 0. The largest absolute Gasteiger partial charge is 0.397 e. The third-order valence-electron chi connectivity index (χ3n) is 3.54. The summed E-state index contributed by atoms with van der Waals surface area (Å²) in [5, 5.41) is 2.74. The predicted octanol–water partition coefficient (Wildman–Crippen LogP) is 2.86. The first-order valence-electron chi connectivity index (χ1n) is 8.92. The summed E-state index contributed by atoms with van der Waals surface area (Å²) in [5.41, 5.74) is 0. The molecule has 0 radical (unpaired) electrons. The van der Waals surface area contributed by atoms with Crippen molar-refractivity contribution in [2.75, 3.05) is 26.4 Å². The monoisotopic (exact) mass is 367 g/mol. The summed E-state index contributed by atoms with van der Waals surface area (Å²) in [6.07, 6.45) is 11.5. The van der Waals surface area contributed by atoms with E-state index in [2.05, 4.69) is 16.4 Å². The van der Waals surface area contributed by atoms with E-state index in [1.54, 1.807) is 0 Å². The van der Waals surface area contributed by atoms with E-state index >= 15 is 0 Å². The second kappa shape index (κ2) is 15.8. The maximum absolute atomic E-state index is 11.6. The van der Waals surface area contributed by atoms with Crippen molar-refractivity contribution >= 4 is 16.3 Å². The van der Waals surface area contributed by atoms with Crippen molar-refractivity contribution in [1.82, 2.24) is 5.32 Å². The van der Waals surface area contributed by atoms with Gasteiger partial charge in [0.2, 0.25) is 5.91 Å². The number of hydrogen-bond acceptors (Lipinski definition) is 5. The van der Waals surface area contributed by atoms with E-state index in [-0.39, 0.29) is 25.7 Å². The summed E-state index contributed by atoms with van der Waals surface area (Å²) in [5.74, 6) is 0.00994. The van der Waals surface area contributed by atoms with Gasteiger partial charge in [0, 0.05) is 13.0 Å². The van der Waals surface area contributed by atoms with Crippen molar-refractivity contribution in [2.45, 2.75) is 71.1 Å². The second-order valence-electron chi connectivity index (χ2n) is 5.79. The summed E-state index contributed by atoms with van der Waals surface area (Å²) in [4.78, 5) is 11.6. The standard InChI is InChI=1S/C16H33NO6S/c1-2-3-4-5-6-7-8-9-10-11-16(18)17-12-13-22-14-15-23-24(19,20)21/h2-15H2,1H3,(H,17,18)(H,19,20,21).